The van der Waals surface area contributed by atoms with E-state index in [4.69, 9.17) is 4.74 Å². The zero-order valence-electron chi connectivity index (χ0n) is 11.5. The third-order valence-corrected chi connectivity index (χ3v) is 6.17. The topological polar surface area (TPSA) is 38.3 Å². The maximum absolute atomic E-state index is 12.5. The van der Waals surface area contributed by atoms with Gasteiger partial charge >= 0.3 is 0 Å². The minimum absolute atomic E-state index is 0.389. The highest BCUT2D eigenvalue weighted by molar-refractivity contribution is 7.85. The van der Waals surface area contributed by atoms with Crippen LogP contribution in [-0.2, 0) is 15.5 Å². The van der Waals surface area contributed by atoms with Crippen LogP contribution < -0.4 is 5.32 Å². The second kappa shape index (κ2) is 7.61. The maximum atomic E-state index is 12.5. The van der Waals surface area contributed by atoms with Gasteiger partial charge in [0.15, 0.2) is 0 Å². The van der Waals surface area contributed by atoms with Crippen molar-refractivity contribution < 1.29 is 8.95 Å². The normalized spacial score (nSPS) is 29.3. The van der Waals surface area contributed by atoms with Crippen molar-refractivity contribution in [1.82, 2.24) is 5.32 Å². The average Bonchev–Trinajstić information content (AvgIpc) is 2.93. The Kier molecular flexibility index (Phi) is 6.12. The molecular weight excluding hydrogens is 246 g/mol. The summed E-state index contributed by atoms with van der Waals surface area (Å²) in [5.74, 6) is 1.39. The minimum Gasteiger partial charge on any atom is -0.381 e. The summed E-state index contributed by atoms with van der Waals surface area (Å²) < 4.78 is 17.9. The Morgan fingerprint density at radius 2 is 2.06 bits per heavy atom. The van der Waals surface area contributed by atoms with E-state index < -0.39 is 10.8 Å². The average molecular weight is 273 g/mol. The fourth-order valence-corrected chi connectivity index (χ4v) is 5.01. The molecule has 0 amide bonds. The molecule has 2 rings (SSSR count). The van der Waals surface area contributed by atoms with Crippen LogP contribution in [0.4, 0.5) is 0 Å². The van der Waals surface area contributed by atoms with Crippen molar-refractivity contribution in [1.29, 1.82) is 0 Å². The second-order valence-electron chi connectivity index (χ2n) is 5.60. The molecule has 1 aliphatic carbocycles. The predicted molar refractivity (Wildman–Crippen MR) is 76.3 cm³/mol. The van der Waals surface area contributed by atoms with Crippen LogP contribution >= 0.6 is 0 Å². The summed E-state index contributed by atoms with van der Waals surface area (Å²) in [4.78, 5) is 0. The summed E-state index contributed by atoms with van der Waals surface area (Å²) >= 11 is 0. The van der Waals surface area contributed by atoms with E-state index in [2.05, 4.69) is 12.2 Å². The maximum Gasteiger partial charge on any atom is 0.0510 e. The standard InChI is InChI=1S/C14H27NO2S/c1-2-15-14(12-8-9-17-10-12)11-18(16)13-6-4-3-5-7-13/h12-15H,2-11H2,1H3. The van der Waals surface area contributed by atoms with Crippen molar-refractivity contribution in [3.05, 3.63) is 0 Å². The lowest BCUT2D eigenvalue weighted by Crippen LogP contribution is -2.42. The fraction of sp³-hybridized carbons (Fsp3) is 1.00. The molecule has 106 valence electrons. The molecule has 2 aliphatic rings. The SMILES string of the molecule is CCNC(CS(=O)C1CCCCC1)C1CCOC1. The van der Waals surface area contributed by atoms with Crippen LogP contribution in [0.25, 0.3) is 0 Å². The first-order valence-electron chi connectivity index (χ1n) is 7.49. The summed E-state index contributed by atoms with van der Waals surface area (Å²) in [6, 6.07) is 0.389. The van der Waals surface area contributed by atoms with Gasteiger partial charge in [-0.2, -0.15) is 0 Å². The molecule has 0 spiro atoms. The molecule has 3 unspecified atom stereocenters. The van der Waals surface area contributed by atoms with Crippen LogP contribution in [0.15, 0.2) is 0 Å². The number of hydrogen-bond acceptors (Lipinski definition) is 3. The molecule has 4 heteroatoms. The highest BCUT2D eigenvalue weighted by Gasteiger charge is 2.29. The molecule has 2 fully saturated rings. The number of ether oxygens (including phenoxy) is 1. The van der Waals surface area contributed by atoms with Crippen LogP contribution in [0.2, 0.25) is 0 Å². The van der Waals surface area contributed by atoms with Crippen molar-refractivity contribution in [2.75, 3.05) is 25.5 Å². The van der Waals surface area contributed by atoms with E-state index >= 15 is 0 Å². The molecule has 1 saturated carbocycles. The van der Waals surface area contributed by atoms with Gasteiger partial charge in [-0.3, -0.25) is 4.21 Å². The first-order valence-corrected chi connectivity index (χ1v) is 8.87. The highest BCUT2D eigenvalue weighted by Crippen LogP contribution is 2.24. The molecule has 0 bridgehead atoms. The van der Waals surface area contributed by atoms with Crippen molar-refractivity contribution in [2.45, 2.75) is 56.7 Å². The van der Waals surface area contributed by atoms with E-state index in [0.29, 0.717) is 17.2 Å². The lowest BCUT2D eigenvalue weighted by atomic mass is 10.0. The molecule has 1 heterocycles. The van der Waals surface area contributed by atoms with Crippen molar-refractivity contribution >= 4 is 10.8 Å². The number of nitrogens with one attached hydrogen (secondary N) is 1. The van der Waals surface area contributed by atoms with Gasteiger partial charge in [0.1, 0.15) is 0 Å². The van der Waals surface area contributed by atoms with Gasteiger partial charge in [-0.25, -0.2) is 0 Å². The summed E-state index contributed by atoms with van der Waals surface area (Å²) in [5, 5.41) is 3.98. The van der Waals surface area contributed by atoms with E-state index in [1.165, 1.54) is 32.1 Å². The molecule has 0 radical (unpaired) electrons. The summed E-state index contributed by atoms with van der Waals surface area (Å²) in [5.41, 5.74) is 0. The third-order valence-electron chi connectivity index (χ3n) is 4.27. The van der Waals surface area contributed by atoms with Crippen molar-refractivity contribution in [3.8, 4) is 0 Å². The molecule has 3 atom stereocenters. The minimum atomic E-state index is -0.652. The smallest absolute Gasteiger partial charge is 0.0510 e. The Morgan fingerprint density at radius 1 is 1.28 bits per heavy atom. The van der Waals surface area contributed by atoms with E-state index in [-0.39, 0.29) is 0 Å². The lowest BCUT2D eigenvalue weighted by molar-refractivity contribution is 0.179. The van der Waals surface area contributed by atoms with Crippen LogP contribution in [-0.4, -0.2) is 41.0 Å². The van der Waals surface area contributed by atoms with Gasteiger partial charge in [0, 0.05) is 40.4 Å². The summed E-state index contributed by atoms with van der Waals surface area (Å²) in [6.45, 7) is 4.82. The zero-order chi connectivity index (χ0) is 12.8. The molecule has 3 nitrogen and oxygen atoms in total. The number of hydrogen-bond donors (Lipinski definition) is 1. The van der Waals surface area contributed by atoms with Crippen LogP contribution in [0.3, 0.4) is 0 Å². The van der Waals surface area contributed by atoms with Crippen LogP contribution in [0.1, 0.15) is 45.4 Å². The van der Waals surface area contributed by atoms with Crippen molar-refractivity contribution in [2.24, 2.45) is 5.92 Å². The molecule has 1 saturated heterocycles. The summed E-state index contributed by atoms with van der Waals surface area (Å²) in [6.07, 6.45) is 7.35. The van der Waals surface area contributed by atoms with Gasteiger partial charge in [-0.05, 0) is 25.8 Å². The van der Waals surface area contributed by atoms with E-state index in [0.717, 1.165) is 31.9 Å². The Bertz CT molecular complexity index is 261. The predicted octanol–water partition coefficient (Wildman–Crippen LogP) is 2.08. The van der Waals surface area contributed by atoms with Crippen LogP contribution in [0.5, 0.6) is 0 Å². The van der Waals surface area contributed by atoms with E-state index in [9.17, 15) is 4.21 Å². The van der Waals surface area contributed by atoms with Gasteiger partial charge in [0.05, 0.1) is 6.61 Å². The van der Waals surface area contributed by atoms with Gasteiger partial charge in [0.2, 0.25) is 0 Å². The molecule has 0 aromatic carbocycles. The Labute approximate surface area is 114 Å². The Morgan fingerprint density at radius 3 is 2.67 bits per heavy atom. The van der Waals surface area contributed by atoms with Gasteiger partial charge in [0.25, 0.3) is 0 Å². The molecule has 1 N–H and O–H groups in total. The highest BCUT2D eigenvalue weighted by atomic mass is 32.2. The second-order valence-corrected chi connectivity index (χ2v) is 7.36. The third kappa shape index (κ3) is 4.04. The molecule has 0 aromatic rings. The number of rotatable bonds is 6. The zero-order valence-corrected chi connectivity index (χ0v) is 12.3. The lowest BCUT2D eigenvalue weighted by Gasteiger charge is -2.27. The molecule has 0 aromatic heterocycles. The summed E-state index contributed by atoms with van der Waals surface area (Å²) in [7, 11) is -0.652. The van der Waals surface area contributed by atoms with Gasteiger partial charge in [-0.15, -0.1) is 0 Å². The van der Waals surface area contributed by atoms with E-state index in [1.54, 1.807) is 0 Å². The fourth-order valence-electron chi connectivity index (χ4n) is 3.14. The van der Waals surface area contributed by atoms with Gasteiger partial charge < -0.3 is 10.1 Å². The van der Waals surface area contributed by atoms with Crippen LogP contribution in [0, 0.1) is 5.92 Å². The molecular formula is C14H27NO2S. The monoisotopic (exact) mass is 273 g/mol. The molecule has 1 aliphatic heterocycles. The molecule has 18 heavy (non-hydrogen) atoms. The first-order chi connectivity index (χ1) is 8.81. The Hall–Kier alpha value is 0.0700. The van der Waals surface area contributed by atoms with E-state index in [1.807, 2.05) is 0 Å². The van der Waals surface area contributed by atoms with Gasteiger partial charge in [-0.1, -0.05) is 26.2 Å². The van der Waals surface area contributed by atoms with Crippen molar-refractivity contribution in [3.63, 3.8) is 0 Å². The quantitative estimate of drug-likeness (QED) is 0.805. The Balaban J connectivity index is 1.84. The largest absolute Gasteiger partial charge is 0.381 e. The first kappa shape index (κ1) is 14.5.